The number of carbonyl (C=O) groups is 1. The fourth-order valence-electron chi connectivity index (χ4n) is 2.37. The predicted octanol–water partition coefficient (Wildman–Crippen LogP) is 4.61. The molecule has 124 valence electrons. The van der Waals surface area contributed by atoms with E-state index in [4.69, 9.17) is 27.9 Å². The molecule has 0 bridgehead atoms. The van der Waals surface area contributed by atoms with Crippen molar-refractivity contribution in [3.63, 3.8) is 0 Å². The number of nitrogens with zero attached hydrogens (tertiary/aromatic N) is 2. The maximum Gasteiger partial charge on any atom is 0.315 e. The number of rotatable bonds is 5. The zero-order chi connectivity index (χ0) is 17.1. The second kappa shape index (κ2) is 7.37. The average Bonchev–Trinajstić information content (AvgIpc) is 2.69. The van der Waals surface area contributed by atoms with E-state index >= 15 is 0 Å². The molecule has 0 fully saturated rings. The van der Waals surface area contributed by atoms with Gasteiger partial charge in [0.25, 0.3) is 0 Å². The van der Waals surface area contributed by atoms with Crippen LogP contribution in [0.5, 0.6) is 5.75 Å². The Bertz CT molecular complexity index is 724. The van der Waals surface area contributed by atoms with Crippen LogP contribution in [-0.2, 0) is 17.8 Å². The molecule has 0 spiro atoms. The van der Waals surface area contributed by atoms with Crippen LogP contribution in [0.2, 0.25) is 10.0 Å². The molecule has 1 heterocycles. The quantitative estimate of drug-likeness (QED) is 0.581. The smallest absolute Gasteiger partial charge is 0.315 e. The summed E-state index contributed by atoms with van der Waals surface area (Å²) in [5.41, 5.74) is 2.75. The van der Waals surface area contributed by atoms with Crippen molar-refractivity contribution < 1.29 is 9.53 Å². The molecule has 2 rings (SSSR count). The third kappa shape index (κ3) is 4.49. The number of hydrogen-bond acceptors (Lipinski definition) is 3. The first-order valence-electron chi connectivity index (χ1n) is 7.46. The van der Waals surface area contributed by atoms with Gasteiger partial charge in [0.05, 0.1) is 17.1 Å². The molecule has 23 heavy (non-hydrogen) atoms. The van der Waals surface area contributed by atoms with Gasteiger partial charge in [-0.2, -0.15) is 5.10 Å². The Balaban J connectivity index is 2.12. The van der Waals surface area contributed by atoms with Crippen molar-refractivity contribution in [2.75, 3.05) is 0 Å². The van der Waals surface area contributed by atoms with Crippen molar-refractivity contribution in [2.24, 2.45) is 5.92 Å². The Hall–Kier alpha value is -1.52. The van der Waals surface area contributed by atoms with Gasteiger partial charge in [0.2, 0.25) is 0 Å². The highest BCUT2D eigenvalue weighted by molar-refractivity contribution is 6.35. The molecule has 0 aliphatic heterocycles. The predicted molar refractivity (Wildman–Crippen MR) is 92.3 cm³/mol. The highest BCUT2D eigenvalue weighted by Crippen LogP contribution is 2.28. The summed E-state index contributed by atoms with van der Waals surface area (Å²) in [4.78, 5) is 12.2. The van der Waals surface area contributed by atoms with Crippen molar-refractivity contribution in [1.82, 2.24) is 9.78 Å². The van der Waals surface area contributed by atoms with Crippen LogP contribution >= 0.6 is 23.2 Å². The second-order valence-electron chi connectivity index (χ2n) is 5.95. The van der Waals surface area contributed by atoms with Gasteiger partial charge in [0.1, 0.15) is 5.75 Å². The van der Waals surface area contributed by atoms with E-state index in [1.807, 2.05) is 18.5 Å². The lowest BCUT2D eigenvalue weighted by Crippen LogP contribution is -2.13. The van der Waals surface area contributed by atoms with Gasteiger partial charge in [-0.25, -0.2) is 0 Å². The Morgan fingerprint density at radius 3 is 2.61 bits per heavy atom. The second-order valence-corrected chi connectivity index (χ2v) is 6.79. The van der Waals surface area contributed by atoms with Crippen molar-refractivity contribution in [1.29, 1.82) is 0 Å². The average molecular weight is 355 g/mol. The molecule has 0 aliphatic rings. The minimum Gasteiger partial charge on any atom is -0.425 e. The minimum atomic E-state index is -0.371. The van der Waals surface area contributed by atoms with Crippen LogP contribution in [0.15, 0.2) is 18.2 Å². The number of carbonyl (C=O) groups excluding carboxylic acids is 1. The SMILES string of the molecule is Cc1nn(CC(C)C)c(C)c1CC(=O)Oc1ccc(Cl)cc1Cl. The summed E-state index contributed by atoms with van der Waals surface area (Å²) in [6, 6.07) is 4.76. The first-order valence-corrected chi connectivity index (χ1v) is 8.22. The molecule has 0 saturated heterocycles. The minimum absolute atomic E-state index is 0.161. The van der Waals surface area contributed by atoms with Crippen molar-refractivity contribution in [3.8, 4) is 5.75 Å². The lowest BCUT2D eigenvalue weighted by Gasteiger charge is -2.09. The largest absolute Gasteiger partial charge is 0.425 e. The fraction of sp³-hybridized carbons (Fsp3) is 0.412. The number of aryl methyl sites for hydroxylation is 1. The third-order valence-corrected chi connectivity index (χ3v) is 4.04. The number of ether oxygens (including phenoxy) is 1. The monoisotopic (exact) mass is 354 g/mol. The molecule has 1 aromatic heterocycles. The molecule has 0 radical (unpaired) electrons. The molecule has 2 aromatic rings. The molecule has 0 saturated carbocycles. The molecular weight excluding hydrogens is 335 g/mol. The summed E-state index contributed by atoms with van der Waals surface area (Å²) in [7, 11) is 0. The van der Waals surface area contributed by atoms with Crippen LogP contribution in [0.1, 0.15) is 30.8 Å². The van der Waals surface area contributed by atoms with Gasteiger partial charge < -0.3 is 4.74 Å². The number of halogens is 2. The number of esters is 1. The van der Waals surface area contributed by atoms with Crippen molar-refractivity contribution in [2.45, 2.75) is 40.7 Å². The summed E-state index contributed by atoms with van der Waals surface area (Å²) >= 11 is 11.9. The van der Waals surface area contributed by atoms with E-state index in [9.17, 15) is 4.79 Å². The summed E-state index contributed by atoms with van der Waals surface area (Å²) in [5, 5.41) is 5.32. The molecule has 4 nitrogen and oxygen atoms in total. The molecule has 0 atom stereocenters. The zero-order valence-corrected chi connectivity index (χ0v) is 15.2. The number of hydrogen-bond donors (Lipinski definition) is 0. The van der Waals surface area contributed by atoms with Gasteiger partial charge in [-0.15, -0.1) is 0 Å². The standard InChI is InChI=1S/C17H20Cl2N2O2/c1-10(2)9-21-12(4)14(11(3)20-21)8-17(22)23-16-6-5-13(18)7-15(16)19/h5-7,10H,8-9H2,1-4H3. The van der Waals surface area contributed by atoms with E-state index in [0.717, 1.165) is 23.5 Å². The van der Waals surface area contributed by atoms with E-state index < -0.39 is 0 Å². The van der Waals surface area contributed by atoms with E-state index in [-0.39, 0.29) is 12.4 Å². The van der Waals surface area contributed by atoms with Crippen LogP contribution in [-0.4, -0.2) is 15.7 Å². The van der Waals surface area contributed by atoms with Gasteiger partial charge in [0.15, 0.2) is 0 Å². The van der Waals surface area contributed by atoms with Crippen molar-refractivity contribution in [3.05, 3.63) is 45.2 Å². The maximum atomic E-state index is 12.2. The first-order chi connectivity index (χ1) is 10.8. The maximum absolute atomic E-state index is 12.2. The summed E-state index contributed by atoms with van der Waals surface area (Å²) in [5.74, 6) is 0.427. The molecule has 1 aromatic carbocycles. The molecular formula is C17H20Cl2N2O2. The third-order valence-electron chi connectivity index (χ3n) is 3.51. The molecule has 0 amide bonds. The van der Waals surface area contributed by atoms with Crippen LogP contribution in [0.3, 0.4) is 0 Å². The van der Waals surface area contributed by atoms with Crippen LogP contribution < -0.4 is 4.74 Å². The van der Waals surface area contributed by atoms with Gasteiger partial charge in [-0.1, -0.05) is 37.0 Å². The topological polar surface area (TPSA) is 44.1 Å². The van der Waals surface area contributed by atoms with Gasteiger partial charge >= 0.3 is 5.97 Å². The highest BCUT2D eigenvalue weighted by atomic mass is 35.5. The lowest BCUT2D eigenvalue weighted by molar-refractivity contribution is -0.133. The van der Waals surface area contributed by atoms with Crippen LogP contribution in [0.25, 0.3) is 0 Å². The Morgan fingerprint density at radius 2 is 2.00 bits per heavy atom. The Kier molecular flexibility index (Phi) is 5.71. The summed E-state index contributed by atoms with van der Waals surface area (Å²) in [6.45, 7) is 8.96. The van der Waals surface area contributed by atoms with Gasteiger partial charge in [-0.05, 0) is 38.0 Å². The first kappa shape index (κ1) is 17.8. The van der Waals surface area contributed by atoms with Crippen LogP contribution in [0.4, 0.5) is 0 Å². The van der Waals surface area contributed by atoms with E-state index in [2.05, 4.69) is 18.9 Å². The van der Waals surface area contributed by atoms with Crippen LogP contribution in [0, 0.1) is 19.8 Å². The lowest BCUT2D eigenvalue weighted by atomic mass is 10.1. The van der Waals surface area contributed by atoms with E-state index in [1.54, 1.807) is 18.2 Å². The van der Waals surface area contributed by atoms with Gasteiger partial charge in [0, 0.05) is 22.8 Å². The molecule has 0 unspecified atom stereocenters. The number of aromatic nitrogens is 2. The zero-order valence-electron chi connectivity index (χ0n) is 13.7. The number of benzene rings is 1. The summed E-state index contributed by atoms with van der Waals surface area (Å²) < 4.78 is 7.28. The fourth-order valence-corrected chi connectivity index (χ4v) is 2.82. The molecule has 0 N–H and O–H groups in total. The Labute approximate surface area is 146 Å². The van der Waals surface area contributed by atoms with Crippen molar-refractivity contribution >= 4 is 29.2 Å². The summed E-state index contributed by atoms with van der Waals surface area (Å²) in [6.07, 6.45) is 0.161. The Morgan fingerprint density at radius 1 is 1.30 bits per heavy atom. The van der Waals surface area contributed by atoms with E-state index in [1.165, 1.54) is 0 Å². The normalized spacial score (nSPS) is 11.1. The molecule has 6 heteroatoms. The van der Waals surface area contributed by atoms with Gasteiger partial charge in [-0.3, -0.25) is 9.48 Å². The highest BCUT2D eigenvalue weighted by Gasteiger charge is 2.17. The molecule has 0 aliphatic carbocycles. The van der Waals surface area contributed by atoms with E-state index in [0.29, 0.717) is 21.7 Å².